The molecule has 0 saturated heterocycles. The van der Waals surface area contributed by atoms with Gasteiger partial charge in [-0.1, -0.05) is 57.0 Å². The molecule has 0 aliphatic rings. The number of aryl methyl sites for hydroxylation is 1. The molecule has 0 bridgehead atoms. The zero-order valence-corrected chi connectivity index (χ0v) is 15.4. The van der Waals surface area contributed by atoms with Crippen molar-refractivity contribution < 1.29 is 0 Å². The Bertz CT molecular complexity index is 526. The van der Waals surface area contributed by atoms with E-state index < -0.39 is 0 Å². The first kappa shape index (κ1) is 16.7. The van der Waals surface area contributed by atoms with E-state index in [1.165, 1.54) is 32.6 Å². The summed E-state index contributed by atoms with van der Waals surface area (Å²) in [6.45, 7) is 7.68. The molecular weight excluding hydrogens is 342 g/mol. The van der Waals surface area contributed by atoms with Crippen molar-refractivity contribution in [2.75, 3.05) is 0 Å². The van der Waals surface area contributed by atoms with Gasteiger partial charge < -0.3 is 5.32 Å². The van der Waals surface area contributed by atoms with Gasteiger partial charge in [0.15, 0.2) is 0 Å². The quantitative estimate of drug-likeness (QED) is 0.626. The second kappa shape index (κ2) is 8.11. The fraction of sp³-hybridized carbons (Fsp3) is 0.444. The Balaban J connectivity index is 2.12. The van der Waals surface area contributed by atoms with Gasteiger partial charge in [0, 0.05) is 26.8 Å². The van der Waals surface area contributed by atoms with Crippen molar-refractivity contribution in [1.82, 2.24) is 5.32 Å². The molecule has 2 aromatic rings. The molecule has 21 heavy (non-hydrogen) atoms. The molecule has 0 spiro atoms. The van der Waals surface area contributed by atoms with Crippen LogP contribution in [-0.2, 0) is 6.54 Å². The van der Waals surface area contributed by atoms with E-state index in [0.29, 0.717) is 12.0 Å². The van der Waals surface area contributed by atoms with E-state index in [9.17, 15) is 0 Å². The van der Waals surface area contributed by atoms with Crippen LogP contribution in [0.15, 0.2) is 40.9 Å². The average Bonchev–Trinajstić information content (AvgIpc) is 2.83. The highest BCUT2D eigenvalue weighted by atomic mass is 79.9. The number of rotatable bonds is 7. The number of nitrogens with one attached hydrogen (secondary N) is 1. The zero-order chi connectivity index (χ0) is 15.2. The SMILES string of the molecule is CCC(CC)C(NCc1cc(Br)c(C)s1)c1ccccc1. The number of thiophene rings is 1. The normalized spacial score (nSPS) is 12.8. The highest BCUT2D eigenvalue weighted by Gasteiger charge is 2.20. The topological polar surface area (TPSA) is 12.0 Å². The van der Waals surface area contributed by atoms with Crippen molar-refractivity contribution in [2.24, 2.45) is 5.92 Å². The van der Waals surface area contributed by atoms with Crippen molar-refractivity contribution in [3.05, 3.63) is 56.2 Å². The standard InChI is InChI=1S/C18H24BrNS/c1-4-14(5-2)18(15-9-7-6-8-10-15)20-12-16-11-17(19)13(3)21-16/h6-11,14,18,20H,4-5,12H2,1-3H3. The van der Waals surface area contributed by atoms with Gasteiger partial charge >= 0.3 is 0 Å². The summed E-state index contributed by atoms with van der Waals surface area (Å²) in [6, 6.07) is 13.5. The molecule has 0 radical (unpaired) electrons. The van der Waals surface area contributed by atoms with Crippen molar-refractivity contribution in [3.63, 3.8) is 0 Å². The molecule has 0 fully saturated rings. The van der Waals surface area contributed by atoms with Gasteiger partial charge in [0.05, 0.1) is 0 Å². The Labute approximate surface area is 140 Å². The molecule has 3 heteroatoms. The van der Waals surface area contributed by atoms with Crippen LogP contribution in [0.2, 0.25) is 0 Å². The molecular formula is C18H24BrNS. The van der Waals surface area contributed by atoms with Crippen molar-refractivity contribution in [1.29, 1.82) is 0 Å². The summed E-state index contributed by atoms with van der Waals surface area (Å²) in [5.41, 5.74) is 1.40. The molecule has 114 valence electrons. The summed E-state index contributed by atoms with van der Waals surface area (Å²) in [7, 11) is 0. The van der Waals surface area contributed by atoms with E-state index in [4.69, 9.17) is 0 Å². The molecule has 0 aliphatic heterocycles. The first-order chi connectivity index (χ1) is 10.2. The fourth-order valence-electron chi connectivity index (χ4n) is 2.79. The highest BCUT2D eigenvalue weighted by Crippen LogP contribution is 2.30. The van der Waals surface area contributed by atoms with Crippen LogP contribution < -0.4 is 5.32 Å². The number of benzene rings is 1. The second-order valence-electron chi connectivity index (χ2n) is 5.46. The van der Waals surface area contributed by atoms with E-state index >= 15 is 0 Å². The number of hydrogen-bond acceptors (Lipinski definition) is 2. The molecule has 1 heterocycles. The first-order valence-electron chi connectivity index (χ1n) is 7.68. The Morgan fingerprint density at radius 2 is 1.81 bits per heavy atom. The van der Waals surface area contributed by atoms with E-state index in [-0.39, 0.29) is 0 Å². The third-order valence-corrected chi connectivity index (χ3v) is 6.22. The minimum atomic E-state index is 0.433. The second-order valence-corrected chi connectivity index (χ2v) is 7.66. The minimum Gasteiger partial charge on any atom is -0.305 e. The summed E-state index contributed by atoms with van der Waals surface area (Å²) >= 11 is 5.48. The largest absolute Gasteiger partial charge is 0.305 e. The van der Waals surface area contributed by atoms with E-state index in [1.807, 2.05) is 11.3 Å². The predicted molar refractivity (Wildman–Crippen MR) is 96.9 cm³/mol. The summed E-state index contributed by atoms with van der Waals surface area (Å²) in [4.78, 5) is 2.75. The molecule has 0 saturated carbocycles. The first-order valence-corrected chi connectivity index (χ1v) is 9.29. The maximum Gasteiger partial charge on any atom is 0.0351 e. The van der Waals surface area contributed by atoms with Crippen molar-refractivity contribution in [3.8, 4) is 0 Å². The highest BCUT2D eigenvalue weighted by molar-refractivity contribution is 9.10. The van der Waals surface area contributed by atoms with Crippen molar-refractivity contribution >= 4 is 27.3 Å². The van der Waals surface area contributed by atoms with Crippen LogP contribution in [0.25, 0.3) is 0 Å². The average molecular weight is 366 g/mol. The maximum absolute atomic E-state index is 3.78. The molecule has 1 atom stereocenters. The lowest BCUT2D eigenvalue weighted by molar-refractivity contribution is 0.340. The molecule has 1 nitrogen and oxygen atoms in total. The van der Waals surface area contributed by atoms with Crippen LogP contribution >= 0.6 is 27.3 Å². The molecule has 1 N–H and O–H groups in total. The number of hydrogen-bond donors (Lipinski definition) is 1. The molecule has 0 amide bonds. The molecule has 1 unspecified atom stereocenters. The molecule has 1 aromatic heterocycles. The summed E-state index contributed by atoms with van der Waals surface area (Å²) in [5, 5.41) is 3.78. The molecule has 2 rings (SSSR count). The van der Waals surface area contributed by atoms with E-state index in [2.05, 4.69) is 78.4 Å². The summed E-state index contributed by atoms with van der Waals surface area (Å²) < 4.78 is 1.23. The van der Waals surface area contributed by atoms with Gasteiger partial charge in [-0.25, -0.2) is 0 Å². The van der Waals surface area contributed by atoms with Crippen LogP contribution in [0.1, 0.15) is 48.0 Å². The maximum atomic E-state index is 3.78. The lowest BCUT2D eigenvalue weighted by Crippen LogP contribution is -2.27. The Morgan fingerprint density at radius 1 is 1.14 bits per heavy atom. The van der Waals surface area contributed by atoms with Crippen LogP contribution in [0.5, 0.6) is 0 Å². The third-order valence-electron chi connectivity index (χ3n) is 4.08. The van der Waals surface area contributed by atoms with Gasteiger partial charge in [-0.2, -0.15) is 0 Å². The van der Waals surface area contributed by atoms with Crippen LogP contribution in [-0.4, -0.2) is 0 Å². The summed E-state index contributed by atoms with van der Waals surface area (Å²) in [6.07, 6.45) is 2.41. The fourth-order valence-corrected chi connectivity index (χ4v) is 4.35. The lowest BCUT2D eigenvalue weighted by Gasteiger charge is -2.27. The molecule has 0 aliphatic carbocycles. The lowest BCUT2D eigenvalue weighted by atomic mass is 9.89. The Kier molecular flexibility index (Phi) is 6.46. The van der Waals surface area contributed by atoms with Gasteiger partial charge in [-0.3, -0.25) is 0 Å². The number of halogens is 1. The van der Waals surface area contributed by atoms with Gasteiger partial charge in [0.2, 0.25) is 0 Å². The van der Waals surface area contributed by atoms with Crippen LogP contribution in [0, 0.1) is 12.8 Å². The van der Waals surface area contributed by atoms with Crippen LogP contribution in [0.3, 0.4) is 0 Å². The van der Waals surface area contributed by atoms with Gasteiger partial charge in [-0.15, -0.1) is 11.3 Å². The van der Waals surface area contributed by atoms with E-state index in [0.717, 1.165) is 6.54 Å². The minimum absolute atomic E-state index is 0.433. The van der Waals surface area contributed by atoms with E-state index in [1.54, 1.807) is 0 Å². The van der Waals surface area contributed by atoms with Gasteiger partial charge in [0.1, 0.15) is 0 Å². The van der Waals surface area contributed by atoms with Gasteiger partial charge in [-0.05, 0) is 40.4 Å². The monoisotopic (exact) mass is 365 g/mol. The smallest absolute Gasteiger partial charge is 0.0351 e. The van der Waals surface area contributed by atoms with Gasteiger partial charge in [0.25, 0.3) is 0 Å². The van der Waals surface area contributed by atoms with Crippen LogP contribution in [0.4, 0.5) is 0 Å². The zero-order valence-electron chi connectivity index (χ0n) is 13.0. The summed E-state index contributed by atoms with van der Waals surface area (Å²) in [5.74, 6) is 0.678. The predicted octanol–water partition coefficient (Wildman–Crippen LogP) is 6.09. The Morgan fingerprint density at radius 3 is 2.33 bits per heavy atom. The third kappa shape index (κ3) is 4.41. The van der Waals surface area contributed by atoms with Crippen molar-refractivity contribution in [2.45, 2.75) is 46.2 Å². The Hall–Kier alpha value is -0.640. The molecule has 1 aromatic carbocycles.